The zero-order valence-corrected chi connectivity index (χ0v) is 22.5. The van der Waals surface area contributed by atoms with Gasteiger partial charge in [0.2, 0.25) is 0 Å². The van der Waals surface area contributed by atoms with Crippen molar-refractivity contribution in [2.75, 3.05) is 25.1 Å². The van der Waals surface area contributed by atoms with E-state index in [1.807, 2.05) is 30.3 Å². The van der Waals surface area contributed by atoms with Crippen molar-refractivity contribution >= 4 is 38.4 Å². The number of urea groups is 1. The Bertz CT molecular complexity index is 1440. The number of amides is 2. The second-order valence-electron chi connectivity index (χ2n) is 8.69. The zero-order valence-electron chi connectivity index (χ0n) is 20.7. The van der Waals surface area contributed by atoms with Crippen LogP contribution in [-0.2, 0) is 32.2 Å². The molecule has 2 amide bonds. The van der Waals surface area contributed by atoms with Crippen LogP contribution < -0.4 is 10.6 Å². The molecule has 1 aromatic carbocycles. The summed E-state index contributed by atoms with van der Waals surface area (Å²) in [7, 11) is -9.21. The van der Waals surface area contributed by atoms with Crippen LogP contribution in [0.25, 0.3) is 11.2 Å². The molecule has 2 aliphatic heterocycles. The molecule has 210 valence electrons. The van der Waals surface area contributed by atoms with E-state index in [2.05, 4.69) is 29.9 Å². The number of phosphoric acid groups is 1. The number of phosphoric ester groups is 1. The second kappa shape index (κ2) is 11.0. The summed E-state index contributed by atoms with van der Waals surface area (Å²) in [4.78, 5) is 44.0. The summed E-state index contributed by atoms with van der Waals surface area (Å²) in [5, 5.41) is 5.23. The molecule has 0 spiro atoms. The molecule has 2 saturated heterocycles. The zero-order chi connectivity index (χ0) is 27.8. The highest BCUT2D eigenvalue weighted by Gasteiger charge is 2.54. The highest BCUT2D eigenvalue weighted by Crippen LogP contribution is 2.58. The van der Waals surface area contributed by atoms with Gasteiger partial charge in [-0.05, 0) is 6.92 Å². The number of rotatable bonds is 9. The van der Waals surface area contributed by atoms with E-state index in [-0.39, 0.29) is 11.3 Å². The van der Waals surface area contributed by atoms with Crippen molar-refractivity contribution in [2.45, 2.75) is 37.8 Å². The van der Waals surface area contributed by atoms with Gasteiger partial charge in [0, 0.05) is 18.8 Å². The minimum Gasteiger partial charge on any atom is -0.347 e. The van der Waals surface area contributed by atoms with Gasteiger partial charge in [-0.15, -0.1) is 0 Å². The third kappa shape index (κ3) is 6.19. The number of carbonyl (C=O) groups excluding carboxylic acids is 1. The van der Waals surface area contributed by atoms with Crippen molar-refractivity contribution in [3.05, 3.63) is 48.5 Å². The topological polar surface area (TPSA) is 205 Å². The normalized spacial score (nSPS) is 27.5. The van der Waals surface area contributed by atoms with Crippen LogP contribution in [0.2, 0.25) is 0 Å². The third-order valence-electron chi connectivity index (χ3n) is 5.78. The molecular weight excluding hydrogens is 558 g/mol. The maximum atomic E-state index is 12.2. The summed E-state index contributed by atoms with van der Waals surface area (Å²) in [5.74, 6) is 0.177. The number of imidazole rings is 1. The number of ether oxygens (including phenoxy) is 3. The summed E-state index contributed by atoms with van der Waals surface area (Å²) in [5.41, 5.74) is 1.34. The van der Waals surface area contributed by atoms with Crippen LogP contribution in [0.5, 0.6) is 0 Å². The molecule has 39 heavy (non-hydrogen) atoms. The molecule has 4 heterocycles. The van der Waals surface area contributed by atoms with Gasteiger partial charge in [-0.25, -0.2) is 28.6 Å². The monoisotopic (exact) mass is 584 g/mol. The van der Waals surface area contributed by atoms with Gasteiger partial charge < -0.3 is 29.3 Å². The largest absolute Gasteiger partial charge is 0.479 e. The predicted molar refractivity (Wildman–Crippen MR) is 133 cm³/mol. The maximum absolute atomic E-state index is 12.2. The van der Waals surface area contributed by atoms with Crippen molar-refractivity contribution < 1.29 is 46.8 Å². The Morgan fingerprint density at radius 2 is 1.85 bits per heavy atom. The number of benzene rings is 1. The van der Waals surface area contributed by atoms with Crippen molar-refractivity contribution in [2.24, 2.45) is 0 Å². The number of nitrogens with one attached hydrogen (secondary N) is 2. The predicted octanol–water partition coefficient (Wildman–Crippen LogP) is 2.30. The summed E-state index contributed by atoms with van der Waals surface area (Å²) in [6.45, 7) is 2.42. The summed E-state index contributed by atoms with van der Waals surface area (Å²) < 4.78 is 52.9. The number of hydrogen-bond donors (Lipinski definition) is 4. The Morgan fingerprint density at radius 1 is 1.10 bits per heavy atom. The number of aromatic nitrogens is 4. The van der Waals surface area contributed by atoms with Crippen LogP contribution in [0.4, 0.5) is 10.6 Å². The minimum atomic E-state index is -4.90. The van der Waals surface area contributed by atoms with Gasteiger partial charge in [0.05, 0.1) is 12.9 Å². The Labute approximate surface area is 221 Å². The maximum Gasteiger partial charge on any atom is 0.479 e. The van der Waals surface area contributed by atoms with E-state index < -0.39 is 58.9 Å². The van der Waals surface area contributed by atoms with E-state index in [1.165, 1.54) is 12.7 Å². The molecule has 7 atom stereocenters. The lowest BCUT2D eigenvalue weighted by atomic mass is 10.1. The van der Waals surface area contributed by atoms with E-state index >= 15 is 0 Å². The second-order valence-corrected chi connectivity index (χ2v) is 12.1. The van der Waals surface area contributed by atoms with Crippen LogP contribution in [0.1, 0.15) is 25.0 Å². The molecule has 0 aliphatic carbocycles. The van der Waals surface area contributed by atoms with Gasteiger partial charge in [-0.1, -0.05) is 30.3 Å². The Hall–Kier alpha value is -2.78. The molecule has 0 saturated carbocycles. The van der Waals surface area contributed by atoms with E-state index in [9.17, 15) is 23.7 Å². The lowest BCUT2D eigenvalue weighted by molar-refractivity contribution is -0.152. The first-order valence-electron chi connectivity index (χ1n) is 11.8. The lowest BCUT2D eigenvalue weighted by Gasteiger charge is -2.22. The average molecular weight is 584 g/mol. The molecule has 18 heteroatoms. The van der Waals surface area contributed by atoms with Crippen molar-refractivity contribution in [3.63, 3.8) is 0 Å². The fourth-order valence-corrected chi connectivity index (χ4v) is 6.34. The molecular formula is C21H26N6O10P2. The molecule has 2 aromatic heterocycles. The van der Waals surface area contributed by atoms with Crippen LogP contribution in [0, 0.1) is 0 Å². The number of fused-ring (bicyclic) bond motifs is 2. The quantitative estimate of drug-likeness (QED) is 0.267. The number of hydrogen-bond acceptors (Lipinski definition) is 11. The molecule has 0 bridgehead atoms. The molecule has 2 aliphatic rings. The van der Waals surface area contributed by atoms with Gasteiger partial charge >= 0.3 is 21.4 Å². The van der Waals surface area contributed by atoms with E-state index in [0.29, 0.717) is 12.2 Å². The Balaban J connectivity index is 1.43. The van der Waals surface area contributed by atoms with Gasteiger partial charge in [0.1, 0.15) is 24.6 Å². The van der Waals surface area contributed by atoms with Crippen molar-refractivity contribution in [3.8, 4) is 0 Å². The highest BCUT2D eigenvalue weighted by molar-refractivity contribution is 7.63. The SMILES string of the molecule is CCNC(=O)Nc1ncnc2c1ncn2[C@@H]1O[C@H](COP(=O)(O)OP(C)(=O)O)C2O[C@H](c3ccccc3)O[C@@H]21. The standard InChI is InChI=1S/C21H26N6O10P2/c1-3-22-21(28)26-17-14-18(24-10-23-17)27(11-25-14)19-16-15(35-20(36-16)12-7-5-4-6-8-12)13(34-19)9-33-39(31,32)37-38(2,29)30/h4-8,10-11,13,15-16,19-20H,3,9H2,1-2H3,(H,29,30)(H,31,32)(H2,22,23,24,26,28)/t13-,15?,16+,19-,20+/m1/s1. The van der Waals surface area contributed by atoms with Gasteiger partial charge in [-0.2, -0.15) is 0 Å². The van der Waals surface area contributed by atoms with E-state index in [1.54, 1.807) is 11.5 Å². The molecule has 0 radical (unpaired) electrons. The lowest BCUT2D eigenvalue weighted by Crippen LogP contribution is -2.31. The number of carbonyl (C=O) groups is 1. The molecule has 4 N–H and O–H groups in total. The van der Waals surface area contributed by atoms with Crippen LogP contribution in [0.15, 0.2) is 43.0 Å². The summed E-state index contributed by atoms with van der Waals surface area (Å²) >= 11 is 0. The Morgan fingerprint density at radius 3 is 2.56 bits per heavy atom. The van der Waals surface area contributed by atoms with Crippen molar-refractivity contribution in [1.29, 1.82) is 0 Å². The third-order valence-corrected chi connectivity index (χ3v) is 8.29. The number of anilines is 1. The summed E-state index contributed by atoms with van der Waals surface area (Å²) in [6, 6.07) is 8.67. The smallest absolute Gasteiger partial charge is 0.347 e. The van der Waals surface area contributed by atoms with Crippen LogP contribution >= 0.6 is 15.4 Å². The molecule has 2 fully saturated rings. The van der Waals surface area contributed by atoms with Gasteiger partial charge in [-0.3, -0.25) is 19.0 Å². The van der Waals surface area contributed by atoms with Crippen LogP contribution in [-0.4, -0.2) is 73.5 Å². The molecule has 5 rings (SSSR count). The molecule has 3 unspecified atom stereocenters. The number of nitrogens with zero attached hydrogens (tertiary/aromatic N) is 4. The average Bonchev–Trinajstić information content (AvgIpc) is 3.56. The Kier molecular flexibility index (Phi) is 7.84. The van der Waals surface area contributed by atoms with Crippen LogP contribution in [0.3, 0.4) is 0 Å². The molecule has 3 aromatic rings. The minimum absolute atomic E-state index is 0.177. The first-order valence-corrected chi connectivity index (χ1v) is 15.3. The van der Waals surface area contributed by atoms with E-state index in [4.69, 9.17) is 18.7 Å². The fourth-order valence-electron chi connectivity index (χ4n) is 4.28. The highest BCUT2D eigenvalue weighted by atomic mass is 31.3. The summed E-state index contributed by atoms with van der Waals surface area (Å²) in [6.07, 6.45) is -1.46. The van der Waals surface area contributed by atoms with Crippen molar-refractivity contribution in [1.82, 2.24) is 24.8 Å². The first kappa shape index (κ1) is 27.8. The fraction of sp³-hybridized carbons (Fsp3) is 0.429. The van der Waals surface area contributed by atoms with Gasteiger partial charge in [0.25, 0.3) is 0 Å². The van der Waals surface area contributed by atoms with Gasteiger partial charge in [0.15, 0.2) is 29.5 Å². The first-order chi connectivity index (χ1) is 18.5. The van der Waals surface area contributed by atoms with E-state index in [0.717, 1.165) is 12.2 Å². The molecule has 16 nitrogen and oxygen atoms in total.